The first-order chi connectivity index (χ1) is 6.52. The van der Waals surface area contributed by atoms with Crippen LogP contribution in [0.1, 0.15) is 24.2 Å². The number of hydrogen-bond donors (Lipinski definition) is 0. The molecule has 0 aliphatic heterocycles. The predicted octanol–water partition coefficient (Wildman–Crippen LogP) is 2.77. The number of rotatable bonds is 2. The average Bonchev–Trinajstić information content (AvgIpc) is 2.16. The van der Waals surface area contributed by atoms with Crippen LogP contribution in [0.25, 0.3) is 0 Å². The van der Waals surface area contributed by atoms with E-state index < -0.39 is 0 Å². The van der Waals surface area contributed by atoms with Gasteiger partial charge in [-0.05, 0) is 60.7 Å². The minimum atomic E-state index is 0.0800. The molecule has 0 aromatic heterocycles. The number of halogens is 1. The summed E-state index contributed by atoms with van der Waals surface area (Å²) >= 11 is 2.23. The minimum Gasteiger partial charge on any atom is -0.339 e. The van der Waals surface area contributed by atoms with Crippen molar-refractivity contribution in [2.45, 2.75) is 19.9 Å². The van der Waals surface area contributed by atoms with Gasteiger partial charge < -0.3 is 4.90 Å². The van der Waals surface area contributed by atoms with E-state index in [0.717, 1.165) is 9.13 Å². The van der Waals surface area contributed by atoms with Crippen LogP contribution in [-0.2, 0) is 0 Å². The molecule has 0 unspecified atom stereocenters. The first kappa shape index (κ1) is 11.5. The Kier molecular flexibility index (Phi) is 3.92. The van der Waals surface area contributed by atoms with Gasteiger partial charge in [0.05, 0.1) is 0 Å². The summed E-state index contributed by atoms with van der Waals surface area (Å²) in [7, 11) is 1.82. The number of nitrogens with zero attached hydrogens (tertiary/aromatic N) is 1. The van der Waals surface area contributed by atoms with Gasteiger partial charge in [-0.2, -0.15) is 0 Å². The lowest BCUT2D eigenvalue weighted by atomic mass is 10.2. The summed E-state index contributed by atoms with van der Waals surface area (Å²) in [6.07, 6.45) is 0. The van der Waals surface area contributed by atoms with Gasteiger partial charge in [0.2, 0.25) is 0 Å². The lowest BCUT2D eigenvalue weighted by Gasteiger charge is -2.21. The predicted molar refractivity (Wildman–Crippen MR) is 66.4 cm³/mol. The van der Waals surface area contributed by atoms with Gasteiger partial charge in [-0.25, -0.2) is 0 Å². The van der Waals surface area contributed by atoms with E-state index in [1.165, 1.54) is 0 Å². The highest BCUT2D eigenvalue weighted by atomic mass is 127. The van der Waals surface area contributed by atoms with E-state index in [2.05, 4.69) is 22.6 Å². The molecule has 76 valence electrons. The molecule has 3 heteroatoms. The quantitative estimate of drug-likeness (QED) is 0.769. The molecule has 0 heterocycles. The Balaban J connectivity index is 2.84. The van der Waals surface area contributed by atoms with Crippen molar-refractivity contribution in [1.29, 1.82) is 0 Å². The minimum absolute atomic E-state index is 0.0800. The van der Waals surface area contributed by atoms with Crippen molar-refractivity contribution in [2.75, 3.05) is 7.05 Å². The molecule has 0 aliphatic carbocycles. The summed E-state index contributed by atoms with van der Waals surface area (Å²) in [5, 5.41) is 0. The molecule has 0 fully saturated rings. The highest BCUT2D eigenvalue weighted by Crippen LogP contribution is 2.09. The Morgan fingerprint density at radius 3 is 2.21 bits per heavy atom. The van der Waals surface area contributed by atoms with Crippen LogP contribution >= 0.6 is 22.6 Å². The second kappa shape index (κ2) is 4.77. The van der Waals surface area contributed by atoms with Crippen molar-refractivity contribution in [3.8, 4) is 0 Å². The number of benzene rings is 1. The van der Waals surface area contributed by atoms with Gasteiger partial charge in [0, 0.05) is 22.2 Å². The van der Waals surface area contributed by atoms with Crippen molar-refractivity contribution < 1.29 is 4.79 Å². The smallest absolute Gasteiger partial charge is 0.253 e. The van der Waals surface area contributed by atoms with E-state index in [1.54, 1.807) is 4.90 Å². The molecule has 1 amide bonds. The molecular weight excluding hydrogens is 289 g/mol. The molecule has 0 saturated heterocycles. The van der Waals surface area contributed by atoms with E-state index in [0.29, 0.717) is 0 Å². The Morgan fingerprint density at radius 2 is 1.79 bits per heavy atom. The maximum absolute atomic E-state index is 11.8. The van der Waals surface area contributed by atoms with Gasteiger partial charge in [-0.1, -0.05) is 0 Å². The van der Waals surface area contributed by atoms with E-state index in [-0.39, 0.29) is 11.9 Å². The van der Waals surface area contributed by atoms with Gasteiger partial charge in [0.1, 0.15) is 0 Å². The highest BCUT2D eigenvalue weighted by Gasteiger charge is 2.13. The Labute approximate surface area is 98.4 Å². The Morgan fingerprint density at radius 1 is 1.29 bits per heavy atom. The lowest BCUT2D eigenvalue weighted by molar-refractivity contribution is 0.0755. The molecule has 0 bridgehead atoms. The molecule has 1 rings (SSSR count). The number of amides is 1. The molecule has 0 aliphatic rings. The highest BCUT2D eigenvalue weighted by molar-refractivity contribution is 14.1. The Bertz CT molecular complexity index is 319. The van der Waals surface area contributed by atoms with Crippen LogP contribution in [0.4, 0.5) is 0 Å². The maximum atomic E-state index is 11.8. The van der Waals surface area contributed by atoms with Crippen molar-refractivity contribution in [3.05, 3.63) is 33.4 Å². The fourth-order valence-electron chi connectivity index (χ4n) is 1.03. The number of carbonyl (C=O) groups is 1. The molecule has 14 heavy (non-hydrogen) atoms. The van der Waals surface area contributed by atoms with Crippen LogP contribution in [0.3, 0.4) is 0 Å². The third-order valence-electron chi connectivity index (χ3n) is 2.19. The summed E-state index contributed by atoms with van der Waals surface area (Å²) in [5.74, 6) is 0.0800. The van der Waals surface area contributed by atoms with Gasteiger partial charge in [0.25, 0.3) is 5.91 Å². The van der Waals surface area contributed by atoms with Crippen LogP contribution in [-0.4, -0.2) is 23.9 Å². The van der Waals surface area contributed by atoms with Crippen LogP contribution in [0.2, 0.25) is 0 Å². The van der Waals surface area contributed by atoms with E-state index in [9.17, 15) is 4.79 Å². The normalized spacial score (nSPS) is 10.4. The first-order valence-corrected chi connectivity index (χ1v) is 5.63. The van der Waals surface area contributed by atoms with Crippen LogP contribution in [0.15, 0.2) is 24.3 Å². The van der Waals surface area contributed by atoms with Crippen molar-refractivity contribution in [1.82, 2.24) is 4.90 Å². The van der Waals surface area contributed by atoms with Crippen molar-refractivity contribution >= 4 is 28.5 Å². The summed E-state index contributed by atoms with van der Waals surface area (Å²) < 4.78 is 1.14. The van der Waals surface area contributed by atoms with Crippen LogP contribution < -0.4 is 0 Å². The fraction of sp³-hybridized carbons (Fsp3) is 0.364. The van der Waals surface area contributed by atoms with Gasteiger partial charge in [-0.3, -0.25) is 4.79 Å². The number of hydrogen-bond acceptors (Lipinski definition) is 1. The maximum Gasteiger partial charge on any atom is 0.253 e. The first-order valence-electron chi connectivity index (χ1n) is 4.55. The second-order valence-electron chi connectivity index (χ2n) is 3.52. The molecule has 0 N–H and O–H groups in total. The Hall–Kier alpha value is -0.580. The van der Waals surface area contributed by atoms with E-state index in [4.69, 9.17) is 0 Å². The molecule has 0 atom stereocenters. The molecule has 1 aromatic carbocycles. The van der Waals surface area contributed by atoms with Crippen LogP contribution in [0, 0.1) is 3.57 Å². The molecular formula is C11H14INO. The van der Waals surface area contributed by atoms with Crippen molar-refractivity contribution in [3.63, 3.8) is 0 Å². The third-order valence-corrected chi connectivity index (χ3v) is 2.91. The van der Waals surface area contributed by atoms with Gasteiger partial charge in [-0.15, -0.1) is 0 Å². The summed E-state index contributed by atoms with van der Waals surface area (Å²) in [6, 6.07) is 7.86. The van der Waals surface area contributed by atoms with Gasteiger partial charge in [0.15, 0.2) is 0 Å². The molecule has 0 saturated carbocycles. The summed E-state index contributed by atoms with van der Waals surface area (Å²) in [6.45, 7) is 4.01. The SMILES string of the molecule is CC(C)N(C)C(=O)c1ccc(I)cc1. The zero-order valence-electron chi connectivity index (χ0n) is 8.62. The monoisotopic (exact) mass is 303 g/mol. The zero-order valence-corrected chi connectivity index (χ0v) is 10.8. The van der Waals surface area contributed by atoms with E-state index >= 15 is 0 Å². The largest absolute Gasteiger partial charge is 0.339 e. The fourth-order valence-corrected chi connectivity index (χ4v) is 1.39. The topological polar surface area (TPSA) is 20.3 Å². The van der Waals surface area contributed by atoms with E-state index in [1.807, 2.05) is 45.2 Å². The standard InChI is InChI=1S/C11H14INO/c1-8(2)13(3)11(14)9-4-6-10(12)7-5-9/h4-8H,1-3H3. The molecule has 0 spiro atoms. The number of carbonyl (C=O) groups excluding carboxylic acids is 1. The second-order valence-corrected chi connectivity index (χ2v) is 4.76. The van der Waals surface area contributed by atoms with Crippen LogP contribution in [0.5, 0.6) is 0 Å². The zero-order chi connectivity index (χ0) is 10.7. The summed E-state index contributed by atoms with van der Waals surface area (Å²) in [4.78, 5) is 13.6. The van der Waals surface area contributed by atoms with Gasteiger partial charge >= 0.3 is 0 Å². The molecule has 1 aromatic rings. The third kappa shape index (κ3) is 2.70. The molecule has 2 nitrogen and oxygen atoms in total. The van der Waals surface area contributed by atoms with Crippen molar-refractivity contribution in [2.24, 2.45) is 0 Å². The molecule has 0 radical (unpaired) electrons. The summed E-state index contributed by atoms with van der Waals surface area (Å²) in [5.41, 5.74) is 0.751. The average molecular weight is 303 g/mol. The lowest BCUT2D eigenvalue weighted by Crippen LogP contribution is -2.32.